The van der Waals surface area contributed by atoms with E-state index in [0.29, 0.717) is 23.6 Å². The normalized spacial score (nSPS) is 13.4. The van der Waals surface area contributed by atoms with E-state index in [1.165, 1.54) is 11.1 Å². The van der Waals surface area contributed by atoms with E-state index >= 15 is 0 Å². The molecule has 8 heteroatoms. The predicted molar refractivity (Wildman–Crippen MR) is 137 cm³/mol. The van der Waals surface area contributed by atoms with Gasteiger partial charge >= 0.3 is 0 Å². The van der Waals surface area contributed by atoms with Gasteiger partial charge in [-0.15, -0.1) is 0 Å². The number of thiocarbonyl (C=S) groups is 1. The van der Waals surface area contributed by atoms with Crippen LogP contribution >= 0.6 is 12.2 Å². The SMILES string of the molecule is CCOc1ccc(NC(=S)NC(=NC2Cc3ccccc3C2)Nc2nc(C)cc(C)n2)cc1. The maximum atomic E-state index is 5.56. The van der Waals surface area contributed by atoms with Crippen LogP contribution in [0.25, 0.3) is 0 Å². The number of rotatable bonds is 5. The highest BCUT2D eigenvalue weighted by molar-refractivity contribution is 7.80. The van der Waals surface area contributed by atoms with E-state index in [0.717, 1.165) is 35.7 Å². The lowest BCUT2D eigenvalue weighted by Crippen LogP contribution is -2.40. The highest BCUT2D eigenvalue weighted by Gasteiger charge is 2.21. The molecule has 33 heavy (non-hydrogen) atoms. The highest BCUT2D eigenvalue weighted by atomic mass is 32.1. The Morgan fingerprint density at radius 2 is 1.64 bits per heavy atom. The van der Waals surface area contributed by atoms with E-state index in [4.69, 9.17) is 21.9 Å². The molecule has 7 nitrogen and oxygen atoms in total. The van der Waals surface area contributed by atoms with Gasteiger partial charge in [-0.05, 0) is 87.3 Å². The number of aromatic nitrogens is 2. The summed E-state index contributed by atoms with van der Waals surface area (Å²) in [6, 6.07) is 18.2. The molecule has 1 aliphatic rings. The van der Waals surface area contributed by atoms with Crippen LogP contribution in [0.3, 0.4) is 0 Å². The lowest BCUT2D eigenvalue weighted by atomic mass is 10.1. The summed E-state index contributed by atoms with van der Waals surface area (Å²) >= 11 is 5.56. The Kier molecular flexibility index (Phi) is 7.14. The number of hydrogen-bond donors (Lipinski definition) is 3. The molecular formula is C25H28N6OS. The number of hydrogen-bond acceptors (Lipinski definition) is 5. The molecule has 0 amide bonds. The average Bonchev–Trinajstić information content (AvgIpc) is 3.16. The van der Waals surface area contributed by atoms with Crippen LogP contribution in [0.15, 0.2) is 59.6 Å². The third kappa shape index (κ3) is 6.26. The summed E-state index contributed by atoms with van der Waals surface area (Å²) in [7, 11) is 0. The monoisotopic (exact) mass is 460 g/mol. The van der Waals surface area contributed by atoms with Crippen LogP contribution in [-0.2, 0) is 12.8 Å². The van der Waals surface area contributed by atoms with Crippen molar-refractivity contribution < 1.29 is 4.74 Å². The maximum Gasteiger partial charge on any atom is 0.229 e. The lowest BCUT2D eigenvalue weighted by molar-refractivity contribution is 0.340. The van der Waals surface area contributed by atoms with Gasteiger partial charge in [-0.3, -0.25) is 5.32 Å². The summed E-state index contributed by atoms with van der Waals surface area (Å²) in [5, 5.41) is 10.0. The minimum atomic E-state index is 0.108. The zero-order valence-corrected chi connectivity index (χ0v) is 19.9. The Hall–Kier alpha value is -3.52. The number of anilines is 2. The first kappa shape index (κ1) is 22.7. The molecular weight excluding hydrogens is 432 g/mol. The Morgan fingerprint density at radius 3 is 2.24 bits per heavy atom. The second-order valence-electron chi connectivity index (χ2n) is 7.94. The van der Waals surface area contributed by atoms with Gasteiger partial charge in [0.25, 0.3) is 0 Å². The van der Waals surface area contributed by atoms with E-state index in [1.54, 1.807) is 0 Å². The van der Waals surface area contributed by atoms with Gasteiger partial charge in [-0.25, -0.2) is 15.0 Å². The van der Waals surface area contributed by atoms with Crippen molar-refractivity contribution in [3.8, 4) is 5.75 Å². The fraction of sp³-hybridized carbons (Fsp3) is 0.280. The second-order valence-corrected chi connectivity index (χ2v) is 8.35. The van der Waals surface area contributed by atoms with E-state index in [2.05, 4.69) is 50.2 Å². The van der Waals surface area contributed by atoms with Crippen LogP contribution in [0.5, 0.6) is 5.75 Å². The van der Waals surface area contributed by atoms with Gasteiger partial charge in [0.1, 0.15) is 5.75 Å². The number of guanidine groups is 1. The molecule has 4 rings (SSSR count). The first-order valence-corrected chi connectivity index (χ1v) is 11.4. The molecule has 0 aliphatic heterocycles. The van der Waals surface area contributed by atoms with Gasteiger partial charge in [0, 0.05) is 17.1 Å². The van der Waals surface area contributed by atoms with Crippen LogP contribution in [0.4, 0.5) is 11.6 Å². The molecule has 1 heterocycles. The van der Waals surface area contributed by atoms with Gasteiger partial charge < -0.3 is 15.4 Å². The van der Waals surface area contributed by atoms with Crippen molar-refractivity contribution in [2.75, 3.05) is 17.2 Å². The molecule has 0 unspecified atom stereocenters. The molecule has 170 valence electrons. The Morgan fingerprint density at radius 1 is 1.00 bits per heavy atom. The minimum Gasteiger partial charge on any atom is -0.494 e. The molecule has 0 saturated heterocycles. The summed E-state index contributed by atoms with van der Waals surface area (Å²) < 4.78 is 5.50. The summed E-state index contributed by atoms with van der Waals surface area (Å²) in [6.45, 7) is 6.47. The first-order valence-electron chi connectivity index (χ1n) is 11.0. The fourth-order valence-electron chi connectivity index (χ4n) is 3.86. The molecule has 0 bridgehead atoms. The fourth-order valence-corrected chi connectivity index (χ4v) is 4.08. The minimum absolute atomic E-state index is 0.108. The van der Waals surface area contributed by atoms with E-state index < -0.39 is 0 Å². The third-order valence-electron chi connectivity index (χ3n) is 5.21. The van der Waals surface area contributed by atoms with Gasteiger partial charge in [0.05, 0.1) is 12.6 Å². The summed E-state index contributed by atoms with van der Waals surface area (Å²) in [4.78, 5) is 13.9. The molecule has 0 fully saturated rings. The Balaban J connectivity index is 1.50. The quantitative estimate of drug-likeness (QED) is 0.295. The van der Waals surface area contributed by atoms with E-state index in [9.17, 15) is 0 Å². The smallest absolute Gasteiger partial charge is 0.229 e. The Labute approximate surface area is 199 Å². The molecule has 0 radical (unpaired) electrons. The first-order chi connectivity index (χ1) is 16.0. The number of benzene rings is 2. The van der Waals surface area contributed by atoms with Crippen molar-refractivity contribution in [3.63, 3.8) is 0 Å². The van der Waals surface area contributed by atoms with Crippen molar-refractivity contribution in [2.24, 2.45) is 4.99 Å². The molecule has 0 spiro atoms. The summed E-state index contributed by atoms with van der Waals surface area (Å²) in [5.74, 6) is 1.82. The average molecular weight is 461 g/mol. The van der Waals surface area contributed by atoms with Crippen LogP contribution in [0, 0.1) is 13.8 Å². The van der Waals surface area contributed by atoms with Crippen molar-refractivity contribution in [1.82, 2.24) is 15.3 Å². The van der Waals surface area contributed by atoms with Crippen LogP contribution in [0.2, 0.25) is 0 Å². The van der Waals surface area contributed by atoms with Crippen molar-refractivity contribution >= 4 is 34.9 Å². The van der Waals surface area contributed by atoms with Gasteiger partial charge in [-0.1, -0.05) is 24.3 Å². The van der Waals surface area contributed by atoms with Gasteiger partial charge in [-0.2, -0.15) is 0 Å². The zero-order valence-electron chi connectivity index (χ0n) is 19.1. The Bertz CT molecular complexity index is 1120. The van der Waals surface area contributed by atoms with Crippen molar-refractivity contribution in [2.45, 2.75) is 39.7 Å². The second kappa shape index (κ2) is 10.4. The topological polar surface area (TPSA) is 83.5 Å². The highest BCUT2D eigenvalue weighted by Crippen LogP contribution is 2.24. The molecule has 1 aromatic heterocycles. The summed E-state index contributed by atoms with van der Waals surface area (Å²) in [5.41, 5.74) is 5.29. The molecule has 3 N–H and O–H groups in total. The predicted octanol–water partition coefficient (Wildman–Crippen LogP) is 4.41. The van der Waals surface area contributed by atoms with Crippen molar-refractivity contribution in [1.29, 1.82) is 0 Å². The lowest BCUT2D eigenvalue weighted by Gasteiger charge is -2.16. The van der Waals surface area contributed by atoms with E-state index in [-0.39, 0.29) is 6.04 Å². The third-order valence-corrected chi connectivity index (χ3v) is 5.41. The van der Waals surface area contributed by atoms with Crippen LogP contribution in [0.1, 0.15) is 29.4 Å². The largest absolute Gasteiger partial charge is 0.494 e. The van der Waals surface area contributed by atoms with Gasteiger partial charge in [0.15, 0.2) is 5.11 Å². The number of aliphatic imine (C=N–C) groups is 1. The molecule has 2 aromatic carbocycles. The van der Waals surface area contributed by atoms with Gasteiger partial charge in [0.2, 0.25) is 11.9 Å². The summed E-state index contributed by atoms with van der Waals surface area (Å²) in [6.07, 6.45) is 1.77. The number of aryl methyl sites for hydroxylation is 2. The van der Waals surface area contributed by atoms with E-state index in [1.807, 2.05) is 51.1 Å². The number of nitrogens with zero attached hydrogens (tertiary/aromatic N) is 3. The number of nitrogens with one attached hydrogen (secondary N) is 3. The number of fused-ring (bicyclic) bond motifs is 1. The van der Waals surface area contributed by atoms with Crippen molar-refractivity contribution in [3.05, 3.63) is 77.1 Å². The van der Waals surface area contributed by atoms with Crippen LogP contribution in [-0.4, -0.2) is 33.7 Å². The molecule has 3 aromatic rings. The molecule has 0 saturated carbocycles. The molecule has 1 aliphatic carbocycles. The maximum absolute atomic E-state index is 5.56. The zero-order chi connectivity index (χ0) is 23.2. The number of ether oxygens (including phenoxy) is 1. The molecule has 0 atom stereocenters. The van der Waals surface area contributed by atoms with Crippen LogP contribution < -0.4 is 20.7 Å². The standard InChI is InChI=1S/C25H28N6OS/c1-4-32-22-11-9-20(10-12-22)29-25(33)31-24(30-23-26-16(2)13-17(3)27-23)28-21-14-18-7-5-6-8-19(18)15-21/h5-13,21H,4,14-15H2,1-3H3,(H3,26,27,28,29,30,31,33).